The van der Waals surface area contributed by atoms with E-state index in [1.807, 2.05) is 30.3 Å². The quantitative estimate of drug-likeness (QED) is 0.233. The van der Waals surface area contributed by atoms with Gasteiger partial charge in [0, 0.05) is 12.8 Å². The molecule has 0 aromatic heterocycles. The second-order valence-electron chi connectivity index (χ2n) is 6.53. The summed E-state index contributed by atoms with van der Waals surface area (Å²) >= 11 is 0. The van der Waals surface area contributed by atoms with E-state index in [0.717, 1.165) is 5.56 Å². The molecule has 0 saturated heterocycles. The molecule has 0 spiro atoms. The molecular formula is C19H20F8O4. The van der Waals surface area contributed by atoms with Gasteiger partial charge in [0.2, 0.25) is 0 Å². The van der Waals surface area contributed by atoms with Crippen LogP contribution in [0.3, 0.4) is 0 Å². The van der Waals surface area contributed by atoms with Gasteiger partial charge in [0.25, 0.3) is 0 Å². The number of esters is 2. The van der Waals surface area contributed by atoms with Crippen LogP contribution in [-0.2, 0) is 25.5 Å². The predicted molar refractivity (Wildman–Crippen MR) is 91.4 cm³/mol. The van der Waals surface area contributed by atoms with E-state index in [0.29, 0.717) is 12.8 Å². The number of carbonyl (C=O) groups excluding carboxylic acids is 2. The van der Waals surface area contributed by atoms with Gasteiger partial charge in [-0.1, -0.05) is 30.3 Å². The Hall–Kier alpha value is -2.40. The number of ether oxygens (including phenoxy) is 2. The standard InChI is InChI=1S/C19H20F8O4/c20-16(21)18(24,25)19(26,27)17(22,23)12-31-15(29)10-4-9-14(28)30-11-5-8-13-6-2-1-3-7-13/h1-3,6-7,16H,4-5,8-12H2. The van der Waals surface area contributed by atoms with E-state index in [1.54, 1.807) is 0 Å². The Bertz CT molecular complexity index is 710. The van der Waals surface area contributed by atoms with Crippen molar-refractivity contribution in [2.24, 2.45) is 0 Å². The lowest BCUT2D eigenvalue weighted by Gasteiger charge is -2.31. The highest BCUT2D eigenvalue weighted by atomic mass is 19.4. The largest absolute Gasteiger partial charge is 0.466 e. The van der Waals surface area contributed by atoms with Gasteiger partial charge >= 0.3 is 36.1 Å². The Kier molecular flexibility index (Phi) is 9.70. The van der Waals surface area contributed by atoms with Crippen molar-refractivity contribution in [3.8, 4) is 0 Å². The first-order chi connectivity index (χ1) is 14.3. The fourth-order valence-corrected chi connectivity index (χ4v) is 2.27. The summed E-state index contributed by atoms with van der Waals surface area (Å²) in [6, 6.07) is 9.33. The maximum Gasteiger partial charge on any atom is 0.381 e. The zero-order chi connectivity index (χ0) is 23.7. The van der Waals surface area contributed by atoms with Crippen LogP contribution >= 0.6 is 0 Å². The van der Waals surface area contributed by atoms with Crippen LogP contribution in [-0.4, -0.2) is 49.3 Å². The summed E-state index contributed by atoms with van der Waals surface area (Å²) in [5.41, 5.74) is 1.04. The highest BCUT2D eigenvalue weighted by Gasteiger charge is 2.75. The number of rotatable bonds is 13. The molecule has 1 aromatic carbocycles. The maximum absolute atomic E-state index is 13.2. The van der Waals surface area contributed by atoms with Gasteiger partial charge in [-0.15, -0.1) is 0 Å². The minimum Gasteiger partial charge on any atom is -0.466 e. The van der Waals surface area contributed by atoms with E-state index in [2.05, 4.69) is 4.74 Å². The Balaban J connectivity index is 2.29. The third kappa shape index (κ3) is 7.66. The fourth-order valence-electron chi connectivity index (χ4n) is 2.27. The molecule has 0 unspecified atom stereocenters. The molecule has 31 heavy (non-hydrogen) atoms. The number of benzene rings is 1. The smallest absolute Gasteiger partial charge is 0.381 e. The molecule has 1 aromatic rings. The van der Waals surface area contributed by atoms with Crippen molar-refractivity contribution in [3.63, 3.8) is 0 Å². The third-order valence-electron chi connectivity index (χ3n) is 4.04. The molecule has 0 fully saturated rings. The molecule has 0 aliphatic rings. The van der Waals surface area contributed by atoms with Crippen LogP contribution in [0.15, 0.2) is 30.3 Å². The van der Waals surface area contributed by atoms with Crippen molar-refractivity contribution >= 4 is 11.9 Å². The molecule has 0 amide bonds. The molecule has 0 bridgehead atoms. The summed E-state index contributed by atoms with van der Waals surface area (Å²) in [7, 11) is 0. The van der Waals surface area contributed by atoms with Gasteiger partial charge in [0.1, 0.15) is 0 Å². The van der Waals surface area contributed by atoms with Crippen molar-refractivity contribution in [2.45, 2.75) is 56.3 Å². The summed E-state index contributed by atoms with van der Waals surface area (Å²) in [6.45, 7) is -2.43. The predicted octanol–water partition coefficient (Wildman–Crippen LogP) is 5.05. The van der Waals surface area contributed by atoms with E-state index in [1.165, 1.54) is 0 Å². The second-order valence-corrected chi connectivity index (χ2v) is 6.53. The second kappa shape index (κ2) is 11.3. The molecule has 12 heteroatoms. The zero-order valence-electron chi connectivity index (χ0n) is 16.1. The molecule has 0 N–H and O–H groups in total. The van der Waals surface area contributed by atoms with Crippen molar-refractivity contribution in [1.29, 1.82) is 0 Å². The minimum absolute atomic E-state index is 0.0951. The molecule has 4 nitrogen and oxygen atoms in total. The van der Waals surface area contributed by atoms with Crippen LogP contribution in [0.1, 0.15) is 31.2 Å². The van der Waals surface area contributed by atoms with E-state index in [4.69, 9.17) is 4.74 Å². The lowest BCUT2D eigenvalue weighted by atomic mass is 10.1. The lowest BCUT2D eigenvalue weighted by Crippen LogP contribution is -2.59. The third-order valence-corrected chi connectivity index (χ3v) is 4.04. The van der Waals surface area contributed by atoms with Gasteiger partial charge < -0.3 is 9.47 Å². The van der Waals surface area contributed by atoms with E-state index in [-0.39, 0.29) is 19.4 Å². The number of halogens is 8. The number of aryl methyl sites for hydroxylation is 1. The highest BCUT2D eigenvalue weighted by molar-refractivity contribution is 5.72. The molecule has 1 rings (SSSR count). The summed E-state index contributed by atoms with van der Waals surface area (Å²) < 4.78 is 111. The molecule has 0 atom stereocenters. The van der Waals surface area contributed by atoms with Crippen LogP contribution in [0.5, 0.6) is 0 Å². The average Bonchev–Trinajstić information content (AvgIpc) is 2.70. The van der Waals surface area contributed by atoms with Gasteiger partial charge in [0.15, 0.2) is 6.61 Å². The average molecular weight is 464 g/mol. The molecule has 0 saturated carbocycles. The van der Waals surface area contributed by atoms with Gasteiger partial charge in [0.05, 0.1) is 6.61 Å². The first-order valence-corrected chi connectivity index (χ1v) is 9.08. The van der Waals surface area contributed by atoms with Crippen LogP contribution in [0, 0.1) is 0 Å². The normalized spacial score (nSPS) is 12.7. The minimum atomic E-state index is -6.45. The zero-order valence-corrected chi connectivity index (χ0v) is 16.1. The molecule has 176 valence electrons. The van der Waals surface area contributed by atoms with E-state index >= 15 is 0 Å². The first-order valence-electron chi connectivity index (χ1n) is 9.08. The van der Waals surface area contributed by atoms with Crippen LogP contribution < -0.4 is 0 Å². The molecule has 0 aliphatic heterocycles. The fraction of sp³-hybridized carbons (Fsp3) is 0.579. The van der Waals surface area contributed by atoms with Gasteiger partial charge in [-0.2, -0.15) is 26.3 Å². The first kappa shape index (κ1) is 26.6. The molecule has 0 heterocycles. The highest BCUT2D eigenvalue weighted by Crippen LogP contribution is 2.48. The summed E-state index contributed by atoms with van der Waals surface area (Å²) in [4.78, 5) is 22.8. The lowest BCUT2D eigenvalue weighted by molar-refractivity contribution is -0.344. The summed E-state index contributed by atoms with van der Waals surface area (Å²) in [6.07, 6.45) is -5.09. The maximum atomic E-state index is 13.2. The van der Waals surface area contributed by atoms with Crippen molar-refractivity contribution in [2.75, 3.05) is 13.2 Å². The number of alkyl halides is 8. The Morgan fingerprint density at radius 3 is 1.94 bits per heavy atom. The summed E-state index contributed by atoms with van der Waals surface area (Å²) in [5, 5.41) is 0. The van der Waals surface area contributed by atoms with E-state index < -0.39 is 49.2 Å². The Morgan fingerprint density at radius 2 is 1.39 bits per heavy atom. The monoisotopic (exact) mass is 464 g/mol. The van der Waals surface area contributed by atoms with Crippen molar-refractivity contribution < 1.29 is 54.2 Å². The van der Waals surface area contributed by atoms with Gasteiger partial charge in [-0.05, 0) is 24.8 Å². The van der Waals surface area contributed by atoms with Gasteiger partial charge in [-0.3, -0.25) is 9.59 Å². The SMILES string of the molecule is O=C(CCCC(=O)OCC(F)(F)C(F)(F)C(F)(F)C(F)F)OCCCc1ccccc1. The number of carbonyl (C=O) groups is 2. The van der Waals surface area contributed by atoms with Crippen LogP contribution in [0.25, 0.3) is 0 Å². The summed E-state index contributed by atoms with van der Waals surface area (Å²) in [5.74, 6) is -20.7. The molecule has 0 aliphatic carbocycles. The number of hydrogen-bond acceptors (Lipinski definition) is 4. The Morgan fingerprint density at radius 1 is 0.839 bits per heavy atom. The molecule has 0 radical (unpaired) electrons. The van der Waals surface area contributed by atoms with Crippen molar-refractivity contribution in [3.05, 3.63) is 35.9 Å². The van der Waals surface area contributed by atoms with Crippen LogP contribution in [0.4, 0.5) is 35.1 Å². The van der Waals surface area contributed by atoms with Gasteiger partial charge in [-0.25, -0.2) is 8.78 Å². The molecular weight excluding hydrogens is 444 g/mol. The Labute approximate surface area is 172 Å². The topological polar surface area (TPSA) is 52.6 Å². The number of hydrogen-bond donors (Lipinski definition) is 0. The van der Waals surface area contributed by atoms with Crippen LogP contribution in [0.2, 0.25) is 0 Å². The van der Waals surface area contributed by atoms with Crippen molar-refractivity contribution in [1.82, 2.24) is 0 Å². The van der Waals surface area contributed by atoms with E-state index in [9.17, 15) is 44.7 Å².